The van der Waals surface area contributed by atoms with Crippen molar-refractivity contribution in [3.63, 3.8) is 0 Å². The van der Waals surface area contributed by atoms with Gasteiger partial charge in [-0.1, -0.05) is 30.3 Å². The first-order valence-electron chi connectivity index (χ1n) is 9.31. The molecular formula is C22H21ClN4O2. The number of amides is 2. The smallest absolute Gasteiger partial charge is 0.256 e. The van der Waals surface area contributed by atoms with Crippen molar-refractivity contribution in [2.24, 2.45) is 0 Å². The third-order valence-corrected chi connectivity index (χ3v) is 6.07. The van der Waals surface area contributed by atoms with Gasteiger partial charge in [-0.05, 0) is 47.4 Å². The lowest BCUT2D eigenvalue weighted by atomic mass is 9.89. The second-order valence-electron chi connectivity index (χ2n) is 7.39. The summed E-state index contributed by atoms with van der Waals surface area (Å²) >= 11 is 6.41. The van der Waals surface area contributed by atoms with E-state index in [1.54, 1.807) is 21.9 Å². The van der Waals surface area contributed by atoms with Crippen molar-refractivity contribution in [1.82, 2.24) is 9.80 Å². The number of aryl methyl sites for hydroxylation is 1. The topological polar surface area (TPSA) is 90.5 Å². The van der Waals surface area contributed by atoms with E-state index in [4.69, 9.17) is 22.7 Å². The van der Waals surface area contributed by atoms with Gasteiger partial charge in [0.05, 0.1) is 16.6 Å². The Morgan fingerprint density at radius 2 is 2.00 bits per heavy atom. The van der Waals surface area contributed by atoms with Gasteiger partial charge in [-0.2, -0.15) is 0 Å². The lowest BCUT2D eigenvalue weighted by Gasteiger charge is -2.43. The van der Waals surface area contributed by atoms with E-state index in [-0.39, 0.29) is 17.9 Å². The monoisotopic (exact) mass is 408 g/mol. The van der Waals surface area contributed by atoms with Crippen molar-refractivity contribution >= 4 is 35.3 Å². The molecule has 0 radical (unpaired) electrons. The van der Waals surface area contributed by atoms with Gasteiger partial charge >= 0.3 is 0 Å². The standard InChI is InChI=1S/C22H21ClN4O2/c1-3-19(28)26-9-13(10-26)27-11-16-14(5-6-17(23)21(16)22(27)29)20-12(2)4-7-18(25)15(20)8-24/h3-8,13,24H,1,9-11,25H2,2H3. The quantitative estimate of drug-likeness (QED) is 0.462. The van der Waals surface area contributed by atoms with Crippen molar-refractivity contribution in [3.05, 3.63) is 64.2 Å². The van der Waals surface area contributed by atoms with Gasteiger partial charge in [0, 0.05) is 37.1 Å². The number of hydrogen-bond acceptors (Lipinski definition) is 4. The molecular weight excluding hydrogens is 388 g/mol. The van der Waals surface area contributed by atoms with Crippen LogP contribution in [-0.4, -0.2) is 47.0 Å². The van der Waals surface area contributed by atoms with Crippen molar-refractivity contribution in [1.29, 1.82) is 5.41 Å². The molecule has 29 heavy (non-hydrogen) atoms. The number of fused-ring (bicyclic) bond motifs is 1. The molecule has 2 aliphatic rings. The number of nitrogens with one attached hydrogen (secondary N) is 1. The maximum Gasteiger partial charge on any atom is 0.256 e. The van der Waals surface area contributed by atoms with E-state index in [9.17, 15) is 9.59 Å². The average Bonchev–Trinajstić information content (AvgIpc) is 3.01. The summed E-state index contributed by atoms with van der Waals surface area (Å²) in [4.78, 5) is 28.3. The van der Waals surface area contributed by atoms with E-state index in [1.165, 1.54) is 12.3 Å². The first kappa shape index (κ1) is 19.2. The molecule has 2 aromatic carbocycles. The van der Waals surface area contributed by atoms with Gasteiger partial charge in [0.2, 0.25) is 5.91 Å². The number of hydrogen-bond donors (Lipinski definition) is 2. The number of halogens is 1. The van der Waals surface area contributed by atoms with Gasteiger partial charge < -0.3 is 20.9 Å². The highest BCUT2D eigenvalue weighted by atomic mass is 35.5. The highest BCUT2D eigenvalue weighted by Gasteiger charge is 2.42. The second kappa shape index (κ2) is 7.04. The molecule has 6 nitrogen and oxygen atoms in total. The maximum atomic E-state index is 13.1. The average molecular weight is 409 g/mol. The highest BCUT2D eigenvalue weighted by molar-refractivity contribution is 6.34. The van der Waals surface area contributed by atoms with Crippen LogP contribution in [0.15, 0.2) is 36.9 Å². The molecule has 1 fully saturated rings. The molecule has 0 unspecified atom stereocenters. The number of nitrogens with two attached hydrogens (primary N) is 1. The Hall–Kier alpha value is -3.12. The first-order chi connectivity index (χ1) is 13.9. The number of anilines is 1. The summed E-state index contributed by atoms with van der Waals surface area (Å²) in [5.41, 5.74) is 11.3. The summed E-state index contributed by atoms with van der Waals surface area (Å²) in [7, 11) is 0. The zero-order valence-electron chi connectivity index (χ0n) is 16.0. The van der Waals surface area contributed by atoms with Crippen LogP contribution in [0.5, 0.6) is 0 Å². The van der Waals surface area contributed by atoms with Crippen LogP contribution < -0.4 is 5.73 Å². The minimum absolute atomic E-state index is 0.0492. The third-order valence-electron chi connectivity index (χ3n) is 5.76. The molecule has 2 amide bonds. The predicted octanol–water partition coefficient (Wildman–Crippen LogP) is 3.25. The summed E-state index contributed by atoms with van der Waals surface area (Å²) in [6.07, 6.45) is 2.53. The molecule has 3 N–H and O–H groups in total. The van der Waals surface area contributed by atoms with E-state index in [2.05, 4.69) is 6.58 Å². The zero-order chi connectivity index (χ0) is 20.9. The molecule has 0 aliphatic carbocycles. The van der Waals surface area contributed by atoms with Crippen LogP contribution in [0.2, 0.25) is 5.02 Å². The molecule has 4 rings (SSSR count). The van der Waals surface area contributed by atoms with Crippen LogP contribution in [0, 0.1) is 12.3 Å². The Labute approximate surface area is 174 Å². The Morgan fingerprint density at radius 3 is 2.66 bits per heavy atom. The van der Waals surface area contributed by atoms with Gasteiger partial charge in [0.15, 0.2) is 0 Å². The molecule has 0 spiro atoms. The van der Waals surface area contributed by atoms with Crippen LogP contribution in [-0.2, 0) is 11.3 Å². The summed E-state index contributed by atoms with van der Waals surface area (Å²) < 4.78 is 0. The Bertz CT molecular complexity index is 1070. The fourth-order valence-electron chi connectivity index (χ4n) is 4.15. The van der Waals surface area contributed by atoms with E-state index < -0.39 is 0 Å². The number of likely N-dealkylation sites (tertiary alicyclic amines) is 1. The van der Waals surface area contributed by atoms with Crippen molar-refractivity contribution < 1.29 is 9.59 Å². The van der Waals surface area contributed by atoms with Gasteiger partial charge in [-0.3, -0.25) is 9.59 Å². The molecule has 0 bridgehead atoms. The molecule has 148 valence electrons. The zero-order valence-corrected chi connectivity index (χ0v) is 16.8. The normalized spacial score (nSPS) is 15.9. The van der Waals surface area contributed by atoms with Crippen molar-refractivity contribution in [2.75, 3.05) is 18.8 Å². The summed E-state index contributed by atoms with van der Waals surface area (Å²) in [6, 6.07) is 7.26. The van der Waals surface area contributed by atoms with E-state index >= 15 is 0 Å². The number of rotatable bonds is 4. The largest absolute Gasteiger partial charge is 0.398 e. The summed E-state index contributed by atoms with van der Waals surface area (Å²) in [5.74, 6) is -0.254. The molecule has 1 saturated heterocycles. The Kier molecular flexibility index (Phi) is 4.67. The van der Waals surface area contributed by atoms with E-state index in [0.717, 1.165) is 22.3 Å². The number of nitrogen functional groups attached to an aromatic ring is 1. The van der Waals surface area contributed by atoms with Gasteiger partial charge in [0.25, 0.3) is 5.91 Å². The molecule has 0 saturated carbocycles. The molecule has 2 aliphatic heterocycles. The Morgan fingerprint density at radius 1 is 1.28 bits per heavy atom. The van der Waals surface area contributed by atoms with Gasteiger partial charge in [-0.25, -0.2) is 0 Å². The molecule has 0 atom stereocenters. The minimum Gasteiger partial charge on any atom is -0.398 e. The van der Waals surface area contributed by atoms with Crippen LogP contribution in [0.4, 0.5) is 5.69 Å². The lowest BCUT2D eigenvalue weighted by Crippen LogP contribution is -2.60. The van der Waals surface area contributed by atoms with Crippen molar-refractivity contribution in [3.8, 4) is 11.1 Å². The Balaban J connectivity index is 1.75. The van der Waals surface area contributed by atoms with Crippen LogP contribution in [0.3, 0.4) is 0 Å². The SMILES string of the molecule is C=CC(=O)N1CC(N2Cc3c(-c4c(C)ccc(N)c4C=N)ccc(Cl)c3C2=O)C1. The predicted molar refractivity (Wildman–Crippen MR) is 114 cm³/mol. The van der Waals surface area contributed by atoms with Gasteiger partial charge in [0.1, 0.15) is 0 Å². The molecule has 2 heterocycles. The first-order valence-corrected chi connectivity index (χ1v) is 9.68. The number of benzene rings is 2. The fraction of sp³-hybridized carbons (Fsp3) is 0.227. The lowest BCUT2D eigenvalue weighted by molar-refractivity contribution is -0.132. The van der Waals surface area contributed by atoms with Crippen molar-refractivity contribution in [2.45, 2.75) is 19.5 Å². The van der Waals surface area contributed by atoms with Crippen LogP contribution in [0.1, 0.15) is 27.0 Å². The van der Waals surface area contributed by atoms with Crippen LogP contribution >= 0.6 is 11.6 Å². The maximum absolute atomic E-state index is 13.1. The number of nitrogens with zero attached hydrogens (tertiary/aromatic N) is 2. The summed E-state index contributed by atoms with van der Waals surface area (Å²) in [5, 5.41) is 8.23. The highest BCUT2D eigenvalue weighted by Crippen LogP contribution is 2.41. The molecule has 7 heteroatoms. The summed E-state index contributed by atoms with van der Waals surface area (Å²) in [6.45, 7) is 6.85. The fourth-order valence-corrected chi connectivity index (χ4v) is 4.41. The van der Waals surface area contributed by atoms with Gasteiger partial charge in [-0.15, -0.1) is 0 Å². The minimum atomic E-state index is -0.129. The second-order valence-corrected chi connectivity index (χ2v) is 7.79. The van der Waals surface area contributed by atoms with E-state index in [1.807, 2.05) is 19.1 Å². The number of carbonyl (C=O) groups excluding carboxylic acids is 2. The molecule has 2 aromatic rings. The third kappa shape index (κ3) is 2.91. The van der Waals surface area contributed by atoms with Crippen LogP contribution in [0.25, 0.3) is 11.1 Å². The van der Waals surface area contributed by atoms with E-state index in [0.29, 0.717) is 41.5 Å². The molecule has 0 aromatic heterocycles. The number of carbonyl (C=O) groups is 2.